The Morgan fingerprint density at radius 3 is 2.37 bits per heavy atom. The molecule has 0 amide bonds. The highest BCUT2D eigenvalue weighted by molar-refractivity contribution is 5.93. The van der Waals surface area contributed by atoms with Crippen LogP contribution in [-0.4, -0.2) is 40.1 Å². The lowest BCUT2D eigenvalue weighted by molar-refractivity contribution is 0.0458. The van der Waals surface area contributed by atoms with Gasteiger partial charge in [0.2, 0.25) is 11.9 Å². The molecule has 2 aromatic rings. The highest BCUT2D eigenvalue weighted by Crippen LogP contribution is 2.33. The number of phenolic OH excluding ortho intramolecular Hbond substituents is 1. The second-order valence-electron chi connectivity index (χ2n) is 7.20. The number of aromatic hydroxyl groups is 1. The van der Waals surface area contributed by atoms with Crippen LogP contribution < -0.4 is 10.6 Å². The molecule has 0 aliphatic rings. The molecule has 1 aromatic heterocycles. The lowest BCUT2D eigenvalue weighted by Crippen LogP contribution is -2.17. The van der Waals surface area contributed by atoms with E-state index in [9.17, 15) is 9.90 Å². The molecule has 0 aliphatic carbocycles. The first-order chi connectivity index (χ1) is 12.6. The second kappa shape index (κ2) is 8.20. The second-order valence-corrected chi connectivity index (χ2v) is 7.20. The molecule has 0 spiro atoms. The highest BCUT2D eigenvalue weighted by atomic mass is 16.5. The van der Waals surface area contributed by atoms with E-state index < -0.39 is 5.97 Å². The van der Waals surface area contributed by atoms with E-state index in [4.69, 9.17) is 10.5 Å². The third-order valence-corrected chi connectivity index (χ3v) is 4.09. The molecule has 27 heavy (non-hydrogen) atoms. The number of esters is 1. The third-order valence-electron chi connectivity index (χ3n) is 4.09. The summed E-state index contributed by atoms with van der Waals surface area (Å²) >= 11 is 0. The summed E-state index contributed by atoms with van der Waals surface area (Å²) in [5.41, 5.74) is 7.49. The smallest absolute Gasteiger partial charge is 0.342 e. The fraction of sp³-hybridized carbons (Fsp3) is 0.474. The molecule has 0 bridgehead atoms. The largest absolute Gasteiger partial charge is 0.507 e. The Balaban J connectivity index is 2.28. The standard InChI is InChI=1S/C19H27N5O3/c1-10(2)12-7-13(11(3)4)16(25)14(8-12)17(26)27-9-15-21-18(20)23-19(22-15)24(5)6/h7-8,10-11,25H,9H2,1-6H3,(H2,20,21,22,23). The van der Waals surface area contributed by atoms with Crippen LogP contribution in [0.2, 0.25) is 0 Å². The molecule has 0 saturated heterocycles. The number of anilines is 2. The van der Waals surface area contributed by atoms with Gasteiger partial charge in [-0.1, -0.05) is 33.8 Å². The Morgan fingerprint density at radius 1 is 1.15 bits per heavy atom. The minimum absolute atomic E-state index is 0.0477. The number of rotatable bonds is 6. The summed E-state index contributed by atoms with van der Waals surface area (Å²) in [5.74, 6) is 0.252. The lowest BCUT2D eigenvalue weighted by atomic mass is 9.92. The fourth-order valence-electron chi connectivity index (χ4n) is 2.51. The van der Waals surface area contributed by atoms with Crippen molar-refractivity contribution in [2.24, 2.45) is 0 Å². The predicted molar refractivity (Wildman–Crippen MR) is 104 cm³/mol. The molecule has 3 N–H and O–H groups in total. The molecule has 8 nitrogen and oxygen atoms in total. The van der Waals surface area contributed by atoms with Crippen molar-refractivity contribution in [3.05, 3.63) is 34.6 Å². The fourth-order valence-corrected chi connectivity index (χ4v) is 2.51. The summed E-state index contributed by atoms with van der Waals surface area (Å²) < 4.78 is 5.33. The molecule has 1 aromatic carbocycles. The molecule has 2 rings (SSSR count). The lowest BCUT2D eigenvalue weighted by Gasteiger charge is -2.16. The van der Waals surface area contributed by atoms with Gasteiger partial charge >= 0.3 is 5.97 Å². The first kappa shape index (κ1) is 20.4. The van der Waals surface area contributed by atoms with Gasteiger partial charge in [0.05, 0.1) is 0 Å². The van der Waals surface area contributed by atoms with Crippen molar-refractivity contribution in [3.8, 4) is 5.75 Å². The average Bonchev–Trinajstić information content (AvgIpc) is 2.58. The minimum Gasteiger partial charge on any atom is -0.507 e. The van der Waals surface area contributed by atoms with Crippen LogP contribution in [0, 0.1) is 0 Å². The van der Waals surface area contributed by atoms with Gasteiger partial charge in [-0.25, -0.2) is 4.79 Å². The maximum atomic E-state index is 12.6. The van der Waals surface area contributed by atoms with Crippen LogP contribution in [-0.2, 0) is 11.3 Å². The van der Waals surface area contributed by atoms with E-state index in [-0.39, 0.29) is 41.5 Å². The molecule has 0 saturated carbocycles. The van der Waals surface area contributed by atoms with E-state index >= 15 is 0 Å². The van der Waals surface area contributed by atoms with Gasteiger partial charge in [0.15, 0.2) is 12.4 Å². The van der Waals surface area contributed by atoms with Gasteiger partial charge in [-0.15, -0.1) is 0 Å². The normalized spacial score (nSPS) is 11.1. The van der Waals surface area contributed by atoms with Crippen LogP contribution in [0.25, 0.3) is 0 Å². The molecule has 1 heterocycles. The Bertz CT molecular complexity index is 834. The number of carbonyl (C=O) groups is 1. The van der Waals surface area contributed by atoms with E-state index in [2.05, 4.69) is 15.0 Å². The van der Waals surface area contributed by atoms with Crippen molar-refractivity contribution in [2.75, 3.05) is 24.7 Å². The molecule has 0 radical (unpaired) electrons. The van der Waals surface area contributed by atoms with Crippen molar-refractivity contribution in [3.63, 3.8) is 0 Å². The van der Waals surface area contributed by atoms with Crippen molar-refractivity contribution in [1.82, 2.24) is 15.0 Å². The zero-order valence-corrected chi connectivity index (χ0v) is 16.6. The summed E-state index contributed by atoms with van der Waals surface area (Å²) in [6.45, 7) is 7.81. The van der Waals surface area contributed by atoms with Crippen LogP contribution in [0.4, 0.5) is 11.9 Å². The number of nitrogen functional groups attached to an aromatic ring is 1. The van der Waals surface area contributed by atoms with Crippen molar-refractivity contribution in [2.45, 2.75) is 46.1 Å². The molecule has 0 atom stereocenters. The monoisotopic (exact) mass is 373 g/mol. The first-order valence-electron chi connectivity index (χ1n) is 8.81. The quantitative estimate of drug-likeness (QED) is 0.743. The number of phenols is 1. The maximum Gasteiger partial charge on any atom is 0.342 e. The highest BCUT2D eigenvalue weighted by Gasteiger charge is 2.21. The Kier molecular flexibility index (Phi) is 6.20. The van der Waals surface area contributed by atoms with Crippen LogP contribution in [0.15, 0.2) is 12.1 Å². The number of hydrogen-bond donors (Lipinski definition) is 2. The van der Waals surface area contributed by atoms with Crippen LogP contribution >= 0.6 is 0 Å². The van der Waals surface area contributed by atoms with Crippen molar-refractivity contribution >= 4 is 17.9 Å². The van der Waals surface area contributed by atoms with Gasteiger partial charge in [0, 0.05) is 14.1 Å². The molecular weight excluding hydrogens is 346 g/mol. The third kappa shape index (κ3) is 4.84. The van der Waals surface area contributed by atoms with E-state index in [1.54, 1.807) is 25.1 Å². The molecule has 8 heteroatoms. The molecule has 146 valence electrons. The Hall–Kier alpha value is -2.90. The number of nitrogens with zero attached hydrogens (tertiary/aromatic N) is 4. The zero-order valence-electron chi connectivity index (χ0n) is 16.6. The van der Waals surface area contributed by atoms with Crippen LogP contribution in [0.3, 0.4) is 0 Å². The van der Waals surface area contributed by atoms with E-state index in [0.717, 1.165) is 5.56 Å². The molecule has 0 unspecified atom stereocenters. The number of hydrogen-bond acceptors (Lipinski definition) is 8. The number of benzene rings is 1. The number of carbonyl (C=O) groups excluding carboxylic acids is 1. The van der Waals surface area contributed by atoms with Gasteiger partial charge in [-0.2, -0.15) is 15.0 Å². The van der Waals surface area contributed by atoms with Gasteiger partial charge in [-0.05, 0) is 29.0 Å². The Labute approximate surface area is 159 Å². The van der Waals surface area contributed by atoms with E-state index in [1.807, 2.05) is 33.8 Å². The van der Waals surface area contributed by atoms with Crippen LogP contribution in [0.1, 0.15) is 66.8 Å². The molecule has 0 aliphatic heterocycles. The van der Waals surface area contributed by atoms with Crippen molar-refractivity contribution in [1.29, 1.82) is 0 Å². The molecular formula is C19H27N5O3. The SMILES string of the molecule is CC(C)c1cc(C(=O)OCc2nc(N)nc(N(C)C)n2)c(O)c(C(C)C)c1. The predicted octanol–water partition coefficient (Wildman–Crippen LogP) is 2.83. The van der Waals surface area contributed by atoms with Gasteiger partial charge < -0.3 is 20.5 Å². The number of ether oxygens (including phenoxy) is 1. The summed E-state index contributed by atoms with van der Waals surface area (Å²) in [6, 6.07) is 3.60. The number of aromatic nitrogens is 3. The minimum atomic E-state index is -0.637. The van der Waals surface area contributed by atoms with Gasteiger partial charge in [0.25, 0.3) is 0 Å². The zero-order chi connectivity index (χ0) is 20.3. The molecule has 0 fully saturated rings. The van der Waals surface area contributed by atoms with Crippen LogP contribution in [0.5, 0.6) is 5.75 Å². The number of nitrogens with two attached hydrogens (primary N) is 1. The van der Waals surface area contributed by atoms with E-state index in [1.165, 1.54) is 0 Å². The summed E-state index contributed by atoms with van der Waals surface area (Å²) in [7, 11) is 3.54. The summed E-state index contributed by atoms with van der Waals surface area (Å²) in [6.07, 6.45) is 0. The maximum absolute atomic E-state index is 12.6. The first-order valence-corrected chi connectivity index (χ1v) is 8.81. The summed E-state index contributed by atoms with van der Waals surface area (Å²) in [5, 5.41) is 10.5. The summed E-state index contributed by atoms with van der Waals surface area (Å²) in [4.78, 5) is 26.5. The topological polar surface area (TPSA) is 114 Å². The van der Waals surface area contributed by atoms with Crippen molar-refractivity contribution < 1.29 is 14.6 Å². The van der Waals surface area contributed by atoms with E-state index in [0.29, 0.717) is 11.5 Å². The average molecular weight is 373 g/mol. The Morgan fingerprint density at radius 2 is 1.81 bits per heavy atom. The van der Waals surface area contributed by atoms with Gasteiger partial charge in [-0.3, -0.25) is 0 Å². The van der Waals surface area contributed by atoms with Gasteiger partial charge in [0.1, 0.15) is 11.3 Å².